The fourth-order valence-corrected chi connectivity index (χ4v) is 5.17. The zero-order valence-corrected chi connectivity index (χ0v) is 13.7. The number of fused-ring (bicyclic) bond motifs is 1. The Bertz CT molecular complexity index is 497. The third kappa shape index (κ3) is 2.61. The van der Waals surface area contributed by atoms with Crippen LogP contribution in [0.4, 0.5) is 0 Å². The molecule has 0 heterocycles. The number of carbonyl (C=O) groups is 1. The highest BCUT2D eigenvalue weighted by molar-refractivity contribution is 5.93. The van der Waals surface area contributed by atoms with Gasteiger partial charge in [-0.1, -0.05) is 51.4 Å². The molecule has 0 amide bonds. The van der Waals surface area contributed by atoms with Crippen LogP contribution < -0.4 is 0 Å². The van der Waals surface area contributed by atoms with Gasteiger partial charge in [0.2, 0.25) is 0 Å². The van der Waals surface area contributed by atoms with E-state index in [4.69, 9.17) is 0 Å². The molecule has 22 heavy (non-hydrogen) atoms. The van der Waals surface area contributed by atoms with Crippen LogP contribution >= 0.6 is 0 Å². The normalized spacial score (nSPS) is 43.0. The topological polar surface area (TPSA) is 57.5 Å². The highest BCUT2D eigenvalue weighted by Crippen LogP contribution is 2.57. The van der Waals surface area contributed by atoms with Crippen molar-refractivity contribution < 1.29 is 15.0 Å². The van der Waals surface area contributed by atoms with Crippen LogP contribution in [0, 0.1) is 40.9 Å². The van der Waals surface area contributed by atoms with Crippen LogP contribution in [0.5, 0.6) is 0 Å². The lowest BCUT2D eigenvalue weighted by Gasteiger charge is -2.57. The van der Waals surface area contributed by atoms with Gasteiger partial charge in [-0.05, 0) is 31.1 Å². The van der Waals surface area contributed by atoms with E-state index in [1.54, 1.807) is 0 Å². The van der Waals surface area contributed by atoms with Crippen LogP contribution in [-0.2, 0) is 4.79 Å². The minimum Gasteiger partial charge on any atom is -0.392 e. The molecule has 0 bridgehead atoms. The molecule has 0 aromatic carbocycles. The Kier molecular flexibility index (Phi) is 4.36. The van der Waals surface area contributed by atoms with Gasteiger partial charge in [0, 0.05) is 11.3 Å². The van der Waals surface area contributed by atoms with E-state index in [9.17, 15) is 15.0 Å². The van der Waals surface area contributed by atoms with Gasteiger partial charge in [-0.3, -0.25) is 4.79 Å². The minimum atomic E-state index is -0.588. The molecular weight excluding hydrogens is 276 g/mol. The number of ketones is 1. The predicted octanol–water partition coefficient (Wildman–Crippen LogP) is 2.54. The van der Waals surface area contributed by atoms with Crippen molar-refractivity contribution in [2.45, 2.75) is 71.0 Å². The summed E-state index contributed by atoms with van der Waals surface area (Å²) in [7, 11) is 0. The second-order valence-electron chi connectivity index (χ2n) is 7.92. The number of carbonyl (C=O) groups excluding carboxylic acids is 1. The number of Topliss-reactive ketones (excluding diaryl/α,β-unsaturated/α-hetero) is 1. The van der Waals surface area contributed by atoms with Gasteiger partial charge in [0.15, 0.2) is 0 Å². The largest absolute Gasteiger partial charge is 0.392 e. The maximum Gasteiger partial charge on any atom is 0.142 e. The number of aliphatic hydroxyl groups is 2. The van der Waals surface area contributed by atoms with Gasteiger partial charge < -0.3 is 10.2 Å². The van der Waals surface area contributed by atoms with E-state index in [0.29, 0.717) is 18.1 Å². The van der Waals surface area contributed by atoms with Crippen molar-refractivity contribution in [3.63, 3.8) is 0 Å². The van der Waals surface area contributed by atoms with Gasteiger partial charge in [0.25, 0.3) is 0 Å². The molecule has 3 rings (SSSR count). The van der Waals surface area contributed by atoms with Crippen molar-refractivity contribution in [3.8, 4) is 11.8 Å². The van der Waals surface area contributed by atoms with Gasteiger partial charge in [-0.2, -0.15) is 0 Å². The smallest absolute Gasteiger partial charge is 0.142 e. The molecule has 1 unspecified atom stereocenters. The summed E-state index contributed by atoms with van der Waals surface area (Å²) < 4.78 is 0. The third-order valence-corrected chi connectivity index (χ3v) is 6.46. The van der Waals surface area contributed by atoms with Crippen molar-refractivity contribution in [2.75, 3.05) is 0 Å². The minimum absolute atomic E-state index is 0.00813. The Hall–Kier alpha value is -0.850. The Morgan fingerprint density at radius 1 is 1.32 bits per heavy atom. The van der Waals surface area contributed by atoms with E-state index < -0.39 is 12.2 Å². The predicted molar refractivity (Wildman–Crippen MR) is 84.9 cm³/mol. The summed E-state index contributed by atoms with van der Waals surface area (Å²) in [4.78, 5) is 12.2. The average Bonchev–Trinajstić information content (AvgIpc) is 3.00. The summed E-state index contributed by atoms with van der Waals surface area (Å²) in [5.74, 6) is 7.04. The van der Waals surface area contributed by atoms with Gasteiger partial charge >= 0.3 is 0 Å². The van der Waals surface area contributed by atoms with Crippen molar-refractivity contribution >= 4 is 5.78 Å². The second-order valence-corrected chi connectivity index (χ2v) is 7.92. The highest BCUT2D eigenvalue weighted by Gasteiger charge is 2.62. The van der Waals surface area contributed by atoms with Gasteiger partial charge in [-0.15, -0.1) is 0 Å². The van der Waals surface area contributed by atoms with Crippen LogP contribution in [0.1, 0.15) is 58.8 Å². The molecule has 3 saturated carbocycles. The molecule has 3 aliphatic rings. The van der Waals surface area contributed by atoms with Crippen molar-refractivity contribution in [1.29, 1.82) is 0 Å². The third-order valence-electron chi connectivity index (χ3n) is 6.46. The molecule has 3 aliphatic carbocycles. The fourth-order valence-electron chi connectivity index (χ4n) is 5.17. The number of aliphatic hydroxyl groups excluding tert-OH is 2. The Balaban J connectivity index is 1.67. The summed E-state index contributed by atoms with van der Waals surface area (Å²) in [6.45, 7) is 3.98. The van der Waals surface area contributed by atoms with E-state index in [0.717, 1.165) is 12.8 Å². The lowest BCUT2D eigenvalue weighted by molar-refractivity contribution is -0.169. The summed E-state index contributed by atoms with van der Waals surface area (Å²) in [6.07, 6.45) is 6.07. The molecule has 0 radical (unpaired) electrons. The molecule has 6 atom stereocenters. The molecule has 0 aliphatic heterocycles. The molecule has 2 N–H and O–H groups in total. The van der Waals surface area contributed by atoms with Crippen molar-refractivity contribution in [1.82, 2.24) is 0 Å². The first-order chi connectivity index (χ1) is 10.4. The monoisotopic (exact) mass is 304 g/mol. The second kappa shape index (κ2) is 5.98. The maximum atomic E-state index is 12.2. The maximum absolute atomic E-state index is 12.2. The lowest BCUT2D eigenvalue weighted by atomic mass is 9.45. The van der Waals surface area contributed by atoms with Crippen molar-refractivity contribution in [2.24, 2.45) is 29.1 Å². The Morgan fingerprint density at radius 3 is 2.68 bits per heavy atom. The molecule has 0 aromatic rings. The quantitative estimate of drug-likeness (QED) is 0.771. The summed E-state index contributed by atoms with van der Waals surface area (Å²) in [6, 6.07) is 0. The standard InChI is InChI=1S/C19H28O3/c1-12-17-15(16(21)9-10-19(17,2)18(12)22)8-7-14(20)11-13-5-3-4-6-13/h12-17,20-21H,3-6,9-11H2,1-2H3/t12?,14-,15-,16+,17+,19-/m1/s1. The number of rotatable bonds is 2. The van der Waals surface area contributed by atoms with E-state index in [1.807, 2.05) is 13.8 Å². The van der Waals surface area contributed by atoms with Crippen LogP contribution in [0.25, 0.3) is 0 Å². The molecule has 0 saturated heterocycles. The first-order valence-electron chi connectivity index (χ1n) is 8.85. The summed E-state index contributed by atoms with van der Waals surface area (Å²) >= 11 is 0. The van der Waals surface area contributed by atoms with E-state index >= 15 is 0 Å². The highest BCUT2D eigenvalue weighted by atomic mass is 16.3. The fraction of sp³-hybridized carbons (Fsp3) is 0.842. The SMILES string of the molecule is CC1C(=O)[C@]2(C)CC[C@H](O)[C@@H](C#C[C@@H](O)CC3CCCC3)[C@H]12. The first kappa shape index (κ1) is 16.0. The van der Waals surface area contributed by atoms with Gasteiger partial charge in [0.05, 0.1) is 12.0 Å². The number of hydrogen-bond donors (Lipinski definition) is 2. The molecule has 0 spiro atoms. The summed E-state index contributed by atoms with van der Waals surface area (Å²) in [5.41, 5.74) is -0.297. The zero-order chi connectivity index (χ0) is 15.9. The average molecular weight is 304 g/mol. The van der Waals surface area contributed by atoms with Crippen LogP contribution in [0.2, 0.25) is 0 Å². The zero-order valence-electron chi connectivity index (χ0n) is 13.7. The van der Waals surface area contributed by atoms with E-state index in [2.05, 4.69) is 11.8 Å². The molecule has 3 fully saturated rings. The van der Waals surface area contributed by atoms with Gasteiger partial charge in [-0.25, -0.2) is 0 Å². The molecule has 3 nitrogen and oxygen atoms in total. The van der Waals surface area contributed by atoms with Crippen molar-refractivity contribution in [3.05, 3.63) is 0 Å². The number of hydrogen-bond acceptors (Lipinski definition) is 3. The van der Waals surface area contributed by atoms with Crippen LogP contribution in [0.3, 0.4) is 0 Å². The van der Waals surface area contributed by atoms with Crippen LogP contribution in [-0.4, -0.2) is 28.2 Å². The van der Waals surface area contributed by atoms with Crippen LogP contribution in [0.15, 0.2) is 0 Å². The lowest BCUT2D eigenvalue weighted by Crippen LogP contribution is -2.62. The Morgan fingerprint density at radius 2 is 2.00 bits per heavy atom. The summed E-state index contributed by atoms with van der Waals surface area (Å²) in [5, 5.41) is 20.5. The Labute approximate surface area is 133 Å². The molecule has 0 aromatic heterocycles. The van der Waals surface area contributed by atoms with E-state index in [1.165, 1.54) is 25.7 Å². The van der Waals surface area contributed by atoms with Gasteiger partial charge in [0.1, 0.15) is 11.9 Å². The molecule has 3 heteroatoms. The molecular formula is C19H28O3. The first-order valence-corrected chi connectivity index (χ1v) is 8.85. The molecule has 122 valence electrons. The van der Waals surface area contributed by atoms with E-state index in [-0.39, 0.29) is 23.2 Å².